The maximum atomic E-state index is 13.8. The van der Waals surface area contributed by atoms with Gasteiger partial charge in [-0.15, -0.1) is 0 Å². The largest absolute Gasteiger partial charge is 0.496 e. The van der Waals surface area contributed by atoms with Crippen LogP contribution >= 0.6 is 0 Å². The van der Waals surface area contributed by atoms with Gasteiger partial charge in [-0.05, 0) is 35.6 Å². The molecular weight excluding hydrogens is 562 g/mol. The van der Waals surface area contributed by atoms with Gasteiger partial charge in [-0.25, -0.2) is 9.86 Å². The van der Waals surface area contributed by atoms with Gasteiger partial charge < -0.3 is 29.5 Å². The first kappa shape index (κ1) is 32.4. The third kappa shape index (κ3) is 8.69. The van der Waals surface area contributed by atoms with Crippen LogP contribution in [0.15, 0.2) is 66.7 Å². The van der Waals surface area contributed by atoms with Gasteiger partial charge in [0.2, 0.25) is 5.91 Å². The molecule has 3 aromatic carbocycles. The summed E-state index contributed by atoms with van der Waals surface area (Å²) >= 11 is 0. The Morgan fingerprint density at radius 3 is 1.84 bits per heavy atom. The van der Waals surface area contributed by atoms with Crippen LogP contribution in [0.4, 0.5) is 0 Å². The Morgan fingerprint density at radius 2 is 1.35 bits per heavy atom. The van der Waals surface area contributed by atoms with Crippen LogP contribution in [-0.2, 0) is 38.8 Å². The molecule has 0 radical (unpaired) electrons. The predicted octanol–water partition coefficient (Wildman–Crippen LogP) is 3.91. The van der Waals surface area contributed by atoms with E-state index in [4.69, 9.17) is 19.0 Å². The van der Waals surface area contributed by atoms with E-state index in [-0.39, 0.29) is 25.1 Å². The summed E-state index contributed by atoms with van der Waals surface area (Å²) in [6.45, 7) is -0.206. The van der Waals surface area contributed by atoms with Crippen molar-refractivity contribution in [3.63, 3.8) is 0 Å². The van der Waals surface area contributed by atoms with Crippen LogP contribution in [0.25, 0.3) is 0 Å². The maximum absolute atomic E-state index is 13.8. The maximum Gasteiger partial charge on any atom is 0.335 e. The molecule has 43 heavy (non-hydrogen) atoms. The third-order valence-electron chi connectivity index (χ3n) is 6.77. The highest BCUT2D eigenvalue weighted by molar-refractivity contribution is 5.94. The van der Waals surface area contributed by atoms with E-state index in [0.717, 1.165) is 10.6 Å². The van der Waals surface area contributed by atoms with Crippen LogP contribution in [0.2, 0.25) is 0 Å². The molecule has 0 saturated carbocycles. The lowest BCUT2D eigenvalue weighted by molar-refractivity contribution is -0.197. The quantitative estimate of drug-likeness (QED) is 0.162. The van der Waals surface area contributed by atoms with Gasteiger partial charge in [0, 0.05) is 18.6 Å². The van der Waals surface area contributed by atoms with Crippen LogP contribution in [-0.4, -0.2) is 65.5 Å². The van der Waals surface area contributed by atoms with Crippen molar-refractivity contribution in [2.75, 3.05) is 21.3 Å². The van der Waals surface area contributed by atoms with Crippen molar-refractivity contribution in [3.05, 3.63) is 89.0 Å². The van der Waals surface area contributed by atoms with Gasteiger partial charge in [0.25, 0.3) is 0 Å². The summed E-state index contributed by atoms with van der Waals surface area (Å²) in [5.74, 6) is -7.07. The molecule has 12 nitrogen and oxygen atoms in total. The Balaban J connectivity index is 1.98. The van der Waals surface area contributed by atoms with E-state index in [0.29, 0.717) is 28.4 Å². The highest BCUT2D eigenvalue weighted by Gasteiger charge is 2.37. The van der Waals surface area contributed by atoms with Crippen molar-refractivity contribution in [2.45, 2.75) is 26.0 Å². The van der Waals surface area contributed by atoms with Gasteiger partial charge in [0.05, 0.1) is 39.0 Å². The number of hydroxylamine groups is 2. The van der Waals surface area contributed by atoms with Gasteiger partial charge >= 0.3 is 17.9 Å². The molecule has 0 bridgehead atoms. The fourth-order valence-corrected chi connectivity index (χ4v) is 4.54. The second-order valence-corrected chi connectivity index (χ2v) is 9.52. The number of hydrogen-bond donors (Lipinski definition) is 3. The van der Waals surface area contributed by atoms with E-state index in [9.17, 15) is 34.5 Å². The number of carbonyl (C=O) groups excluding carboxylic acids is 1. The molecule has 0 aliphatic carbocycles. The number of amides is 1. The number of methoxy groups -OCH3 is 3. The zero-order valence-corrected chi connectivity index (χ0v) is 23.9. The third-order valence-corrected chi connectivity index (χ3v) is 6.77. The lowest BCUT2D eigenvalue weighted by Crippen LogP contribution is -2.38. The molecule has 1 unspecified atom stereocenters. The molecule has 0 aliphatic heterocycles. The SMILES string of the molecule is COc1cc(OC)c(CN(OCc2ccccc2)C(=O)CC(Cc2ccc(C(=O)O)cc2)C(C(=O)O)C(=O)O)c(OC)c1. The number of aromatic carboxylic acids is 1. The fraction of sp³-hybridized carbons (Fsp3) is 0.290. The van der Waals surface area contributed by atoms with Gasteiger partial charge in [0.15, 0.2) is 5.92 Å². The number of benzene rings is 3. The normalized spacial score (nSPS) is 11.4. The van der Waals surface area contributed by atoms with Gasteiger partial charge in [-0.2, -0.15) is 0 Å². The summed E-state index contributed by atoms with van der Waals surface area (Å²) in [4.78, 5) is 55.1. The number of ether oxygens (including phenoxy) is 3. The topological polar surface area (TPSA) is 169 Å². The van der Waals surface area contributed by atoms with Crippen molar-refractivity contribution in [1.82, 2.24) is 5.06 Å². The van der Waals surface area contributed by atoms with Crippen LogP contribution < -0.4 is 14.2 Å². The van der Waals surface area contributed by atoms with Crippen LogP contribution in [0.5, 0.6) is 17.2 Å². The number of carbonyl (C=O) groups is 4. The Labute approximate surface area is 247 Å². The Morgan fingerprint density at radius 1 is 0.767 bits per heavy atom. The van der Waals surface area contributed by atoms with Crippen molar-refractivity contribution in [1.29, 1.82) is 0 Å². The zero-order chi connectivity index (χ0) is 31.5. The van der Waals surface area contributed by atoms with Crippen molar-refractivity contribution in [3.8, 4) is 17.2 Å². The highest BCUT2D eigenvalue weighted by atomic mass is 16.7. The average Bonchev–Trinajstić information content (AvgIpc) is 2.99. The summed E-state index contributed by atoms with van der Waals surface area (Å²) in [7, 11) is 4.35. The van der Waals surface area contributed by atoms with E-state index in [1.54, 1.807) is 36.4 Å². The molecule has 1 atom stereocenters. The number of aliphatic carboxylic acids is 2. The molecule has 0 aromatic heterocycles. The monoisotopic (exact) mass is 595 g/mol. The lowest BCUT2D eigenvalue weighted by atomic mass is 9.83. The molecule has 0 saturated heterocycles. The molecule has 0 fully saturated rings. The minimum atomic E-state index is -1.93. The molecule has 12 heteroatoms. The van der Waals surface area contributed by atoms with Crippen molar-refractivity contribution in [2.24, 2.45) is 11.8 Å². The minimum Gasteiger partial charge on any atom is -0.496 e. The second kappa shape index (κ2) is 15.2. The first-order valence-electron chi connectivity index (χ1n) is 13.1. The molecule has 228 valence electrons. The first-order valence-corrected chi connectivity index (χ1v) is 13.1. The summed E-state index contributed by atoms with van der Waals surface area (Å²) in [6.07, 6.45) is -0.643. The van der Waals surface area contributed by atoms with E-state index in [1.165, 1.54) is 45.6 Å². The molecule has 3 aromatic rings. The highest BCUT2D eigenvalue weighted by Crippen LogP contribution is 2.35. The molecule has 0 spiro atoms. The predicted molar refractivity (Wildman–Crippen MR) is 152 cm³/mol. The smallest absolute Gasteiger partial charge is 0.335 e. The summed E-state index contributed by atoms with van der Waals surface area (Å²) < 4.78 is 16.3. The molecule has 3 rings (SSSR count). The number of carboxylic acids is 3. The molecule has 0 aliphatic rings. The van der Waals surface area contributed by atoms with E-state index < -0.39 is 42.1 Å². The Hall–Kier alpha value is -5.10. The fourth-order valence-electron chi connectivity index (χ4n) is 4.54. The first-order chi connectivity index (χ1) is 20.6. The summed E-state index contributed by atoms with van der Waals surface area (Å²) in [6, 6.07) is 17.8. The minimum absolute atomic E-state index is 0.00673. The number of nitrogens with zero attached hydrogens (tertiary/aromatic N) is 1. The standard InChI is InChI=1S/C31H33NO11/c1-40-23-15-25(41-2)24(26(16-23)42-3)17-32(43-18-20-7-5-4-6-8-20)27(33)14-22(28(30(36)37)31(38)39)13-19-9-11-21(12-10-19)29(34)35/h4-12,15-16,22,28H,13-14,17-18H2,1-3H3,(H,34,35)(H,36,37)(H,38,39). The van der Waals surface area contributed by atoms with E-state index in [1.807, 2.05) is 6.07 Å². The van der Waals surface area contributed by atoms with Crippen LogP contribution in [0.3, 0.4) is 0 Å². The Bertz CT molecular complexity index is 1380. The Kier molecular flexibility index (Phi) is 11.5. The lowest BCUT2D eigenvalue weighted by Gasteiger charge is -2.27. The van der Waals surface area contributed by atoms with Crippen molar-refractivity contribution >= 4 is 23.8 Å². The van der Waals surface area contributed by atoms with Crippen LogP contribution in [0, 0.1) is 11.8 Å². The molecule has 1 amide bonds. The van der Waals surface area contributed by atoms with Crippen LogP contribution in [0.1, 0.15) is 33.5 Å². The van der Waals surface area contributed by atoms with Gasteiger partial charge in [-0.1, -0.05) is 42.5 Å². The van der Waals surface area contributed by atoms with Gasteiger partial charge in [-0.3, -0.25) is 19.2 Å². The molecule has 3 N–H and O–H groups in total. The van der Waals surface area contributed by atoms with E-state index in [2.05, 4.69) is 0 Å². The van der Waals surface area contributed by atoms with E-state index >= 15 is 0 Å². The summed E-state index contributed by atoms with van der Waals surface area (Å²) in [5.41, 5.74) is 1.65. The zero-order valence-electron chi connectivity index (χ0n) is 23.9. The second-order valence-electron chi connectivity index (χ2n) is 9.52. The molecule has 0 heterocycles. The average molecular weight is 596 g/mol. The number of rotatable bonds is 16. The summed E-state index contributed by atoms with van der Waals surface area (Å²) in [5, 5.41) is 29.8. The molecular formula is C31H33NO11. The number of hydrogen-bond acceptors (Lipinski definition) is 8. The number of carboxylic acid groups (broad SMARTS) is 3. The van der Waals surface area contributed by atoms with Gasteiger partial charge in [0.1, 0.15) is 23.9 Å². The van der Waals surface area contributed by atoms with Crippen molar-refractivity contribution < 1.29 is 53.5 Å².